The molecule has 0 bridgehead atoms. The lowest BCUT2D eigenvalue weighted by molar-refractivity contribution is 0.340. The summed E-state index contributed by atoms with van der Waals surface area (Å²) in [4.78, 5) is 0.306. The van der Waals surface area contributed by atoms with Gasteiger partial charge in [-0.3, -0.25) is 4.68 Å². The second kappa shape index (κ2) is 6.94. The van der Waals surface area contributed by atoms with Gasteiger partial charge in [0.15, 0.2) is 0 Å². The number of aromatic nitrogens is 2. The van der Waals surface area contributed by atoms with E-state index in [9.17, 15) is 8.42 Å². The van der Waals surface area contributed by atoms with E-state index in [2.05, 4.69) is 5.10 Å². The Morgan fingerprint density at radius 3 is 2.62 bits per heavy atom. The van der Waals surface area contributed by atoms with Crippen LogP contribution in [0.5, 0.6) is 5.75 Å². The van der Waals surface area contributed by atoms with E-state index in [-0.39, 0.29) is 6.04 Å². The summed E-state index contributed by atoms with van der Waals surface area (Å²) in [6, 6.07) is 8.42. The molecule has 0 aliphatic carbocycles. The van der Waals surface area contributed by atoms with Crippen LogP contribution in [0.15, 0.2) is 41.4 Å². The molecule has 2 aromatic rings. The van der Waals surface area contributed by atoms with Crippen molar-refractivity contribution in [3.63, 3.8) is 0 Å². The van der Waals surface area contributed by atoms with E-state index in [4.69, 9.17) is 4.74 Å². The molecule has 130 valence electrons. The summed E-state index contributed by atoms with van der Waals surface area (Å²) in [5, 5.41) is 4.28. The van der Waals surface area contributed by atoms with E-state index < -0.39 is 10.0 Å². The Balaban J connectivity index is 1.90. The van der Waals surface area contributed by atoms with E-state index in [1.165, 1.54) is 0 Å². The molecule has 2 heterocycles. The Hall–Kier alpha value is -1.86. The molecule has 1 aromatic heterocycles. The minimum absolute atomic E-state index is 0.149. The van der Waals surface area contributed by atoms with Crippen LogP contribution in [0, 0.1) is 0 Å². The first kappa shape index (κ1) is 17.0. The van der Waals surface area contributed by atoms with Gasteiger partial charge in [0.2, 0.25) is 10.0 Å². The summed E-state index contributed by atoms with van der Waals surface area (Å²) in [5.41, 5.74) is 0.963. The van der Waals surface area contributed by atoms with Gasteiger partial charge in [0, 0.05) is 19.3 Å². The third kappa shape index (κ3) is 3.06. The maximum atomic E-state index is 13.1. The largest absolute Gasteiger partial charge is 0.494 e. The maximum absolute atomic E-state index is 13.1. The van der Waals surface area contributed by atoms with Gasteiger partial charge >= 0.3 is 0 Å². The summed E-state index contributed by atoms with van der Waals surface area (Å²) in [6.45, 7) is 5.74. The van der Waals surface area contributed by atoms with Crippen molar-refractivity contribution in [3.05, 3.63) is 42.2 Å². The number of aryl methyl sites for hydroxylation is 1. The molecule has 1 atom stereocenters. The lowest BCUT2D eigenvalue weighted by Gasteiger charge is -2.24. The van der Waals surface area contributed by atoms with Crippen molar-refractivity contribution in [2.45, 2.75) is 44.2 Å². The highest BCUT2D eigenvalue weighted by molar-refractivity contribution is 7.89. The molecule has 1 aromatic carbocycles. The second-order valence-corrected chi connectivity index (χ2v) is 7.64. The molecule has 24 heavy (non-hydrogen) atoms. The van der Waals surface area contributed by atoms with Crippen molar-refractivity contribution >= 4 is 10.0 Å². The normalized spacial score (nSPS) is 18.8. The molecule has 6 nitrogen and oxygen atoms in total. The molecular formula is C17H23N3O3S. The molecule has 7 heteroatoms. The Morgan fingerprint density at radius 1 is 1.21 bits per heavy atom. The fourth-order valence-electron chi connectivity index (χ4n) is 3.22. The molecule has 0 amide bonds. The third-order valence-electron chi connectivity index (χ3n) is 4.34. The van der Waals surface area contributed by atoms with Gasteiger partial charge in [0.25, 0.3) is 0 Å². The molecule has 0 unspecified atom stereocenters. The van der Waals surface area contributed by atoms with Crippen molar-refractivity contribution < 1.29 is 13.2 Å². The standard InChI is InChI=1S/C17H23N3O3S/c1-3-19-16(11-12-18-19)17-6-5-13-20(17)24(21,22)15-9-7-14(8-10-15)23-4-2/h7-12,17H,3-6,13H2,1-2H3/t17-/m0/s1. The lowest BCUT2D eigenvalue weighted by atomic mass is 10.1. The molecule has 1 saturated heterocycles. The highest BCUT2D eigenvalue weighted by Gasteiger charge is 2.37. The van der Waals surface area contributed by atoms with Crippen LogP contribution in [0.25, 0.3) is 0 Å². The number of benzene rings is 1. The predicted molar refractivity (Wildman–Crippen MR) is 91.4 cm³/mol. The number of rotatable bonds is 6. The lowest BCUT2D eigenvalue weighted by Crippen LogP contribution is -2.31. The fraction of sp³-hybridized carbons (Fsp3) is 0.471. The van der Waals surface area contributed by atoms with Crippen molar-refractivity contribution in [1.29, 1.82) is 0 Å². The smallest absolute Gasteiger partial charge is 0.243 e. The van der Waals surface area contributed by atoms with Crippen LogP contribution in [0.2, 0.25) is 0 Å². The van der Waals surface area contributed by atoms with Crippen LogP contribution >= 0.6 is 0 Å². The van der Waals surface area contributed by atoms with Crippen LogP contribution in [-0.2, 0) is 16.6 Å². The molecule has 1 aliphatic rings. The summed E-state index contributed by atoms with van der Waals surface area (Å²) in [7, 11) is -3.53. The van der Waals surface area contributed by atoms with Gasteiger partial charge in [-0.25, -0.2) is 8.42 Å². The minimum atomic E-state index is -3.53. The average molecular weight is 349 g/mol. The molecule has 3 rings (SSSR count). The Morgan fingerprint density at radius 2 is 1.96 bits per heavy atom. The molecule has 0 spiro atoms. The topological polar surface area (TPSA) is 64.4 Å². The number of nitrogens with zero attached hydrogens (tertiary/aromatic N) is 3. The first-order valence-corrected chi connectivity index (χ1v) is 9.78. The zero-order valence-electron chi connectivity index (χ0n) is 14.1. The van der Waals surface area contributed by atoms with E-state index in [1.807, 2.05) is 24.6 Å². The van der Waals surface area contributed by atoms with E-state index >= 15 is 0 Å². The van der Waals surface area contributed by atoms with Gasteiger partial charge < -0.3 is 4.74 Å². The Bertz CT molecular complexity index is 784. The highest BCUT2D eigenvalue weighted by Crippen LogP contribution is 2.36. The zero-order valence-corrected chi connectivity index (χ0v) is 14.9. The highest BCUT2D eigenvalue weighted by atomic mass is 32.2. The number of sulfonamides is 1. The zero-order chi connectivity index (χ0) is 17.2. The number of ether oxygens (including phenoxy) is 1. The molecule has 0 radical (unpaired) electrons. The van der Waals surface area contributed by atoms with Gasteiger partial charge in [-0.05, 0) is 57.0 Å². The van der Waals surface area contributed by atoms with Crippen LogP contribution in [0.4, 0.5) is 0 Å². The first-order chi connectivity index (χ1) is 11.6. The van der Waals surface area contributed by atoms with Crippen molar-refractivity contribution in [1.82, 2.24) is 14.1 Å². The second-order valence-electron chi connectivity index (χ2n) is 5.75. The Kier molecular flexibility index (Phi) is 4.91. The van der Waals surface area contributed by atoms with Crippen molar-refractivity contribution in [2.24, 2.45) is 0 Å². The SMILES string of the molecule is CCOc1ccc(S(=O)(=O)N2CCC[C@H]2c2ccnn2CC)cc1. The summed E-state index contributed by atoms with van der Waals surface area (Å²) < 4.78 is 35.0. The van der Waals surface area contributed by atoms with Crippen LogP contribution < -0.4 is 4.74 Å². The number of hydrogen-bond donors (Lipinski definition) is 0. The van der Waals surface area contributed by atoms with Crippen LogP contribution in [-0.4, -0.2) is 35.7 Å². The Labute approximate surface area is 143 Å². The predicted octanol–water partition coefficient (Wildman–Crippen LogP) is 2.83. The molecule has 1 aliphatic heterocycles. The fourth-order valence-corrected chi connectivity index (χ4v) is 4.89. The van der Waals surface area contributed by atoms with Gasteiger partial charge in [0.1, 0.15) is 5.75 Å². The van der Waals surface area contributed by atoms with Crippen LogP contribution in [0.3, 0.4) is 0 Å². The van der Waals surface area contributed by atoms with Gasteiger partial charge in [-0.1, -0.05) is 0 Å². The monoisotopic (exact) mass is 349 g/mol. The molecule has 1 fully saturated rings. The van der Waals surface area contributed by atoms with Crippen molar-refractivity contribution in [2.75, 3.05) is 13.2 Å². The summed E-state index contributed by atoms with van der Waals surface area (Å²) >= 11 is 0. The van der Waals surface area contributed by atoms with Gasteiger partial charge in [-0.2, -0.15) is 9.40 Å². The molecule has 0 N–H and O–H groups in total. The number of hydrogen-bond acceptors (Lipinski definition) is 4. The first-order valence-electron chi connectivity index (χ1n) is 8.34. The molecule has 0 saturated carbocycles. The van der Waals surface area contributed by atoms with Crippen molar-refractivity contribution in [3.8, 4) is 5.75 Å². The molecular weight excluding hydrogens is 326 g/mol. The quantitative estimate of drug-likeness (QED) is 0.804. The van der Waals surface area contributed by atoms with Gasteiger partial charge in [-0.15, -0.1) is 0 Å². The average Bonchev–Trinajstić information content (AvgIpc) is 3.24. The summed E-state index contributed by atoms with van der Waals surface area (Å²) in [6.07, 6.45) is 3.41. The van der Waals surface area contributed by atoms with E-state index in [1.54, 1.807) is 34.8 Å². The maximum Gasteiger partial charge on any atom is 0.243 e. The summed E-state index contributed by atoms with van der Waals surface area (Å²) in [5.74, 6) is 0.679. The van der Waals surface area contributed by atoms with E-state index in [0.717, 1.165) is 25.1 Å². The van der Waals surface area contributed by atoms with Gasteiger partial charge in [0.05, 0.1) is 23.2 Å². The van der Waals surface area contributed by atoms with E-state index in [0.29, 0.717) is 23.8 Å². The minimum Gasteiger partial charge on any atom is -0.494 e. The van der Waals surface area contributed by atoms with Crippen LogP contribution in [0.1, 0.15) is 38.4 Å². The third-order valence-corrected chi connectivity index (χ3v) is 6.26.